The highest BCUT2D eigenvalue weighted by atomic mass is 79.9. The molecule has 0 bridgehead atoms. The van der Waals surface area contributed by atoms with E-state index in [0.29, 0.717) is 34.8 Å². The number of nitrogens with zero attached hydrogens (tertiary/aromatic N) is 1. The summed E-state index contributed by atoms with van der Waals surface area (Å²) in [6.07, 6.45) is -0.616. The Morgan fingerprint density at radius 3 is 2.75 bits per heavy atom. The maximum atomic E-state index is 12.9. The number of hydrogen-bond donors (Lipinski definition) is 1. The van der Waals surface area contributed by atoms with Gasteiger partial charge in [-0.3, -0.25) is 14.4 Å². The van der Waals surface area contributed by atoms with Crippen molar-refractivity contribution in [1.82, 2.24) is 10.2 Å². The quantitative estimate of drug-likeness (QED) is 0.613. The van der Waals surface area contributed by atoms with Gasteiger partial charge in [-0.05, 0) is 54.4 Å². The Bertz CT molecular complexity index is 745. The van der Waals surface area contributed by atoms with Gasteiger partial charge in [0.25, 0.3) is 5.91 Å². The summed E-state index contributed by atoms with van der Waals surface area (Å²) in [5, 5.41) is 3.22. The monoisotopic (exact) mass is 474 g/mol. The van der Waals surface area contributed by atoms with E-state index >= 15 is 0 Å². The molecule has 0 saturated carbocycles. The van der Waals surface area contributed by atoms with Gasteiger partial charge in [0.05, 0.1) is 17.0 Å². The van der Waals surface area contributed by atoms with Gasteiger partial charge in [-0.15, -0.1) is 0 Å². The fourth-order valence-electron chi connectivity index (χ4n) is 2.74. The standard InChI is InChI=1S/C19H24BrClN2O5/c1-4-11(2)27-17(24)10-15-18(25)22-7-8-23(15)19(26)12(3)28-16-6-5-13(21)9-14(16)20/h5-6,9,11-12,15H,4,7-8,10H2,1-3H3,(H,22,25). The molecule has 1 fully saturated rings. The van der Waals surface area contributed by atoms with Crippen LogP contribution in [0.15, 0.2) is 22.7 Å². The molecule has 3 atom stereocenters. The minimum absolute atomic E-state index is 0.195. The van der Waals surface area contributed by atoms with Gasteiger partial charge in [0.2, 0.25) is 5.91 Å². The number of piperazine rings is 1. The van der Waals surface area contributed by atoms with E-state index in [0.717, 1.165) is 0 Å². The number of ether oxygens (including phenoxy) is 2. The predicted molar refractivity (Wildman–Crippen MR) is 108 cm³/mol. The first-order valence-electron chi connectivity index (χ1n) is 9.12. The van der Waals surface area contributed by atoms with Gasteiger partial charge in [-0.1, -0.05) is 18.5 Å². The molecule has 1 aromatic rings. The van der Waals surface area contributed by atoms with Gasteiger partial charge in [-0.25, -0.2) is 0 Å². The molecule has 1 aromatic carbocycles. The number of amides is 2. The highest BCUT2D eigenvalue weighted by Crippen LogP contribution is 2.29. The van der Waals surface area contributed by atoms with Gasteiger partial charge >= 0.3 is 5.97 Å². The topological polar surface area (TPSA) is 84.9 Å². The molecule has 1 aliphatic heterocycles. The van der Waals surface area contributed by atoms with E-state index in [-0.39, 0.29) is 24.3 Å². The van der Waals surface area contributed by atoms with Crippen LogP contribution in [0.1, 0.15) is 33.6 Å². The average molecular weight is 476 g/mol. The van der Waals surface area contributed by atoms with Crippen molar-refractivity contribution in [3.8, 4) is 5.75 Å². The number of carbonyl (C=O) groups excluding carboxylic acids is 3. The third-order valence-electron chi connectivity index (χ3n) is 4.43. The van der Waals surface area contributed by atoms with Crippen LogP contribution < -0.4 is 10.1 Å². The maximum absolute atomic E-state index is 12.9. The van der Waals surface area contributed by atoms with E-state index in [4.69, 9.17) is 21.1 Å². The summed E-state index contributed by atoms with van der Waals surface area (Å²) in [6, 6.07) is 4.05. The second-order valence-corrected chi connectivity index (χ2v) is 7.88. The first-order valence-corrected chi connectivity index (χ1v) is 10.3. The second kappa shape index (κ2) is 10.1. The van der Waals surface area contributed by atoms with Gasteiger partial charge in [-0.2, -0.15) is 0 Å². The van der Waals surface area contributed by atoms with Crippen LogP contribution in [0.3, 0.4) is 0 Å². The van der Waals surface area contributed by atoms with E-state index in [9.17, 15) is 14.4 Å². The molecule has 28 heavy (non-hydrogen) atoms. The molecule has 0 spiro atoms. The average Bonchev–Trinajstić information content (AvgIpc) is 2.64. The Balaban J connectivity index is 2.09. The molecule has 1 N–H and O–H groups in total. The van der Waals surface area contributed by atoms with Crippen LogP contribution in [-0.2, 0) is 19.1 Å². The normalized spacial score (nSPS) is 18.8. The number of carbonyl (C=O) groups is 3. The van der Waals surface area contributed by atoms with Crippen LogP contribution in [0.5, 0.6) is 5.75 Å². The van der Waals surface area contributed by atoms with Gasteiger partial charge in [0, 0.05) is 18.1 Å². The smallest absolute Gasteiger partial charge is 0.308 e. The molecular formula is C19H24BrClN2O5. The Morgan fingerprint density at radius 1 is 1.39 bits per heavy atom. The highest BCUT2D eigenvalue weighted by molar-refractivity contribution is 9.10. The molecule has 9 heteroatoms. The van der Waals surface area contributed by atoms with E-state index < -0.39 is 18.1 Å². The number of benzene rings is 1. The van der Waals surface area contributed by atoms with E-state index in [1.807, 2.05) is 6.92 Å². The Hall–Kier alpha value is -1.80. The number of nitrogens with one attached hydrogen (secondary N) is 1. The van der Waals surface area contributed by atoms with Crippen LogP contribution >= 0.6 is 27.5 Å². The summed E-state index contributed by atoms with van der Waals surface area (Å²) in [5.74, 6) is -0.804. The molecule has 1 heterocycles. The molecule has 0 aliphatic carbocycles. The summed E-state index contributed by atoms with van der Waals surface area (Å²) in [4.78, 5) is 38.7. The Morgan fingerprint density at radius 2 is 2.11 bits per heavy atom. The van der Waals surface area contributed by atoms with Crippen molar-refractivity contribution in [1.29, 1.82) is 0 Å². The van der Waals surface area contributed by atoms with Crippen molar-refractivity contribution in [2.45, 2.75) is 51.9 Å². The minimum Gasteiger partial charge on any atom is -0.480 e. The first-order chi connectivity index (χ1) is 13.2. The van der Waals surface area contributed by atoms with Crippen LogP contribution in [0, 0.1) is 0 Å². The lowest BCUT2D eigenvalue weighted by molar-refractivity contribution is -0.156. The zero-order valence-corrected chi connectivity index (χ0v) is 18.4. The number of halogens is 2. The molecule has 1 aliphatic rings. The van der Waals surface area contributed by atoms with Crippen LogP contribution in [-0.4, -0.2) is 54.0 Å². The summed E-state index contributed by atoms with van der Waals surface area (Å²) in [6.45, 7) is 5.89. The van der Waals surface area contributed by atoms with Crippen molar-refractivity contribution >= 4 is 45.3 Å². The van der Waals surface area contributed by atoms with Crippen LogP contribution in [0.4, 0.5) is 0 Å². The zero-order valence-electron chi connectivity index (χ0n) is 16.0. The second-order valence-electron chi connectivity index (χ2n) is 6.59. The fraction of sp³-hybridized carbons (Fsp3) is 0.526. The molecule has 0 radical (unpaired) electrons. The SMILES string of the molecule is CCC(C)OC(=O)CC1C(=O)NCCN1C(=O)C(C)Oc1ccc(Cl)cc1Br. The molecule has 154 valence electrons. The number of esters is 1. The van der Waals surface area contributed by atoms with Crippen molar-refractivity contribution in [2.24, 2.45) is 0 Å². The van der Waals surface area contributed by atoms with E-state index in [2.05, 4.69) is 21.2 Å². The molecule has 2 rings (SSSR count). The maximum Gasteiger partial charge on any atom is 0.308 e. The van der Waals surface area contributed by atoms with Crippen LogP contribution in [0.25, 0.3) is 0 Å². The van der Waals surface area contributed by atoms with Crippen molar-refractivity contribution < 1.29 is 23.9 Å². The number of hydrogen-bond acceptors (Lipinski definition) is 5. The summed E-state index contributed by atoms with van der Waals surface area (Å²) in [7, 11) is 0. The number of rotatable bonds is 7. The van der Waals surface area contributed by atoms with Crippen molar-refractivity contribution in [3.63, 3.8) is 0 Å². The summed E-state index contributed by atoms with van der Waals surface area (Å²) >= 11 is 9.26. The largest absolute Gasteiger partial charge is 0.480 e. The molecule has 7 nitrogen and oxygen atoms in total. The Kier molecular flexibility index (Phi) is 8.12. The van der Waals surface area contributed by atoms with E-state index in [1.54, 1.807) is 32.0 Å². The highest BCUT2D eigenvalue weighted by Gasteiger charge is 2.37. The molecule has 1 saturated heterocycles. The van der Waals surface area contributed by atoms with Gasteiger partial charge in [0.1, 0.15) is 11.8 Å². The van der Waals surface area contributed by atoms with Crippen molar-refractivity contribution in [3.05, 3.63) is 27.7 Å². The lowest BCUT2D eigenvalue weighted by atomic mass is 10.1. The van der Waals surface area contributed by atoms with Crippen molar-refractivity contribution in [2.75, 3.05) is 13.1 Å². The zero-order chi connectivity index (χ0) is 20.8. The first kappa shape index (κ1) is 22.5. The fourth-order valence-corrected chi connectivity index (χ4v) is 3.52. The predicted octanol–water partition coefficient (Wildman–Crippen LogP) is 2.93. The molecular weight excluding hydrogens is 452 g/mol. The van der Waals surface area contributed by atoms with E-state index in [1.165, 1.54) is 4.90 Å². The third-order valence-corrected chi connectivity index (χ3v) is 5.28. The lowest BCUT2D eigenvalue weighted by Crippen LogP contribution is -2.60. The Labute approximate surface area is 177 Å². The summed E-state index contributed by atoms with van der Waals surface area (Å²) in [5.41, 5.74) is 0. The van der Waals surface area contributed by atoms with Gasteiger partial charge < -0.3 is 19.7 Å². The lowest BCUT2D eigenvalue weighted by Gasteiger charge is -2.36. The minimum atomic E-state index is -0.919. The summed E-state index contributed by atoms with van der Waals surface area (Å²) < 4.78 is 11.6. The molecule has 3 unspecified atom stereocenters. The third kappa shape index (κ3) is 5.85. The molecule has 0 aromatic heterocycles. The van der Waals surface area contributed by atoms with Crippen LogP contribution in [0.2, 0.25) is 5.02 Å². The molecule has 2 amide bonds. The van der Waals surface area contributed by atoms with Gasteiger partial charge in [0.15, 0.2) is 6.10 Å².